The van der Waals surface area contributed by atoms with Gasteiger partial charge in [0.25, 0.3) is 0 Å². The molecule has 4 heteroatoms. The number of hydrogen-bond acceptors (Lipinski definition) is 1. The van der Waals surface area contributed by atoms with Crippen LogP contribution in [0.5, 0.6) is 0 Å². The molecule has 84 valence electrons. The Kier molecular flexibility index (Phi) is 3.74. The van der Waals surface area contributed by atoms with Gasteiger partial charge in [0.05, 0.1) is 0 Å². The molecule has 1 N–H and O–H groups in total. The Balaban J connectivity index is 2.65. The van der Waals surface area contributed by atoms with Crippen LogP contribution in [0.15, 0.2) is 24.3 Å². The minimum absolute atomic E-state index is 0.381. The van der Waals surface area contributed by atoms with E-state index in [4.69, 9.17) is 5.11 Å². The van der Waals surface area contributed by atoms with E-state index in [2.05, 4.69) is 0 Å². The average molecular weight is 218 g/mol. The fourth-order valence-corrected chi connectivity index (χ4v) is 1.25. The van der Waals surface area contributed by atoms with E-state index in [1.165, 1.54) is 0 Å². The molecule has 0 aromatic heterocycles. The Labute approximate surface area is 86.5 Å². The third-order valence-corrected chi connectivity index (χ3v) is 2.24. The summed E-state index contributed by atoms with van der Waals surface area (Å²) in [7, 11) is 0. The molecule has 0 radical (unpaired) electrons. The van der Waals surface area contributed by atoms with Gasteiger partial charge in [-0.05, 0) is 17.5 Å². The number of benzene rings is 1. The maximum atomic E-state index is 12.0. The Morgan fingerprint density at radius 1 is 1.13 bits per heavy atom. The van der Waals surface area contributed by atoms with Crippen LogP contribution in [0.25, 0.3) is 0 Å². The molecule has 0 unspecified atom stereocenters. The molecular formula is C11H13F3O. The summed E-state index contributed by atoms with van der Waals surface area (Å²) in [6.45, 7) is 1.97. The van der Waals surface area contributed by atoms with Gasteiger partial charge in [-0.1, -0.05) is 31.2 Å². The van der Waals surface area contributed by atoms with Crippen LogP contribution in [-0.4, -0.2) is 17.4 Å². The third kappa shape index (κ3) is 3.55. The van der Waals surface area contributed by atoms with Crippen LogP contribution in [-0.2, 0) is 12.8 Å². The second kappa shape index (κ2) is 4.66. The molecule has 0 fully saturated rings. The molecule has 0 saturated carbocycles. The maximum absolute atomic E-state index is 12.0. The highest BCUT2D eigenvalue weighted by Crippen LogP contribution is 2.23. The quantitative estimate of drug-likeness (QED) is 0.827. The van der Waals surface area contributed by atoms with Gasteiger partial charge in [-0.2, -0.15) is 13.2 Å². The molecular weight excluding hydrogens is 205 g/mol. The first-order chi connectivity index (χ1) is 6.93. The topological polar surface area (TPSA) is 20.2 Å². The minimum Gasteiger partial charge on any atom is -0.383 e. The van der Waals surface area contributed by atoms with Gasteiger partial charge in [0, 0.05) is 6.42 Å². The molecule has 0 aliphatic heterocycles. The summed E-state index contributed by atoms with van der Waals surface area (Å²) in [5, 5.41) is 8.84. The second-order valence-corrected chi connectivity index (χ2v) is 3.43. The van der Waals surface area contributed by atoms with Gasteiger partial charge in [-0.3, -0.25) is 0 Å². The van der Waals surface area contributed by atoms with E-state index in [9.17, 15) is 13.2 Å². The summed E-state index contributed by atoms with van der Waals surface area (Å²) in [6, 6.07) is 6.79. The summed E-state index contributed by atoms with van der Waals surface area (Å²) >= 11 is 0. The van der Waals surface area contributed by atoms with E-state index in [1.54, 1.807) is 24.3 Å². The van der Waals surface area contributed by atoms with Crippen LogP contribution in [0, 0.1) is 0 Å². The van der Waals surface area contributed by atoms with Crippen LogP contribution in [0.1, 0.15) is 18.1 Å². The first-order valence-corrected chi connectivity index (χ1v) is 4.76. The first kappa shape index (κ1) is 12.0. The molecule has 1 aromatic rings. The summed E-state index contributed by atoms with van der Waals surface area (Å²) in [6.07, 6.45) is -6.34. The van der Waals surface area contributed by atoms with Crippen molar-refractivity contribution in [1.29, 1.82) is 0 Å². The Morgan fingerprint density at radius 3 is 2.00 bits per heavy atom. The van der Waals surface area contributed by atoms with E-state index in [0.29, 0.717) is 5.56 Å². The summed E-state index contributed by atoms with van der Waals surface area (Å²) in [5.74, 6) is 0. The molecule has 0 saturated heterocycles. The molecule has 0 spiro atoms. The van der Waals surface area contributed by atoms with Crippen LogP contribution < -0.4 is 0 Å². The fourth-order valence-electron chi connectivity index (χ4n) is 1.25. The number of aliphatic hydroxyl groups excluding tert-OH is 1. The van der Waals surface area contributed by atoms with Gasteiger partial charge in [0.2, 0.25) is 0 Å². The normalized spacial score (nSPS) is 13.9. The average Bonchev–Trinajstić information content (AvgIpc) is 2.17. The van der Waals surface area contributed by atoms with Crippen molar-refractivity contribution in [3.8, 4) is 0 Å². The Morgan fingerprint density at radius 2 is 1.60 bits per heavy atom. The highest BCUT2D eigenvalue weighted by atomic mass is 19.4. The molecule has 1 rings (SSSR count). The van der Waals surface area contributed by atoms with E-state index in [-0.39, 0.29) is 6.42 Å². The largest absolute Gasteiger partial charge is 0.414 e. The predicted molar refractivity (Wildman–Crippen MR) is 51.6 cm³/mol. The van der Waals surface area contributed by atoms with Crippen LogP contribution in [0.4, 0.5) is 13.2 Å². The van der Waals surface area contributed by atoms with Crippen molar-refractivity contribution in [1.82, 2.24) is 0 Å². The molecule has 0 aliphatic carbocycles. The minimum atomic E-state index is -4.54. The zero-order valence-corrected chi connectivity index (χ0v) is 8.38. The highest BCUT2D eigenvalue weighted by Gasteiger charge is 2.37. The van der Waals surface area contributed by atoms with Gasteiger partial charge in [-0.25, -0.2) is 0 Å². The van der Waals surface area contributed by atoms with Crippen molar-refractivity contribution in [2.75, 3.05) is 0 Å². The SMILES string of the molecule is CCc1ccc(C[C@H](O)C(F)(F)F)cc1. The van der Waals surface area contributed by atoms with Crippen LogP contribution >= 0.6 is 0 Å². The van der Waals surface area contributed by atoms with Crippen molar-refractivity contribution >= 4 is 0 Å². The maximum Gasteiger partial charge on any atom is 0.414 e. The van der Waals surface area contributed by atoms with Crippen molar-refractivity contribution < 1.29 is 18.3 Å². The monoisotopic (exact) mass is 218 g/mol. The molecule has 1 nitrogen and oxygen atoms in total. The van der Waals surface area contributed by atoms with Gasteiger partial charge in [0.15, 0.2) is 6.10 Å². The molecule has 0 bridgehead atoms. The van der Waals surface area contributed by atoms with E-state index >= 15 is 0 Å². The lowest BCUT2D eigenvalue weighted by Gasteiger charge is -2.14. The number of halogens is 3. The fraction of sp³-hybridized carbons (Fsp3) is 0.455. The summed E-state index contributed by atoms with van der Waals surface area (Å²) < 4.78 is 36.1. The zero-order valence-electron chi connectivity index (χ0n) is 8.38. The standard InChI is InChI=1S/C11H13F3O/c1-2-8-3-5-9(6-4-8)7-10(15)11(12,13)14/h3-6,10,15H,2,7H2,1H3/t10-/m0/s1. The number of alkyl halides is 3. The zero-order chi connectivity index (χ0) is 11.5. The van der Waals surface area contributed by atoms with Crippen LogP contribution in [0.3, 0.4) is 0 Å². The molecule has 0 aliphatic rings. The lowest BCUT2D eigenvalue weighted by Crippen LogP contribution is -2.30. The molecule has 0 amide bonds. The first-order valence-electron chi connectivity index (χ1n) is 4.76. The van der Waals surface area contributed by atoms with Gasteiger partial charge >= 0.3 is 6.18 Å². The van der Waals surface area contributed by atoms with E-state index in [1.807, 2.05) is 6.92 Å². The second-order valence-electron chi connectivity index (χ2n) is 3.43. The van der Waals surface area contributed by atoms with Crippen molar-refractivity contribution in [2.45, 2.75) is 32.0 Å². The molecule has 0 heterocycles. The summed E-state index contributed by atoms with van der Waals surface area (Å²) in [5.41, 5.74) is 1.57. The van der Waals surface area contributed by atoms with E-state index in [0.717, 1.165) is 12.0 Å². The van der Waals surface area contributed by atoms with E-state index < -0.39 is 12.3 Å². The highest BCUT2D eigenvalue weighted by molar-refractivity contribution is 5.23. The molecule has 1 atom stereocenters. The Bertz CT molecular complexity index is 303. The summed E-state index contributed by atoms with van der Waals surface area (Å²) in [4.78, 5) is 0. The van der Waals surface area contributed by atoms with Gasteiger partial charge in [0.1, 0.15) is 0 Å². The van der Waals surface area contributed by atoms with Gasteiger partial charge < -0.3 is 5.11 Å². The third-order valence-electron chi connectivity index (χ3n) is 2.24. The van der Waals surface area contributed by atoms with Crippen LogP contribution in [0.2, 0.25) is 0 Å². The van der Waals surface area contributed by atoms with Crippen molar-refractivity contribution in [2.24, 2.45) is 0 Å². The van der Waals surface area contributed by atoms with Gasteiger partial charge in [-0.15, -0.1) is 0 Å². The lowest BCUT2D eigenvalue weighted by molar-refractivity contribution is -0.203. The number of hydrogen-bond donors (Lipinski definition) is 1. The number of rotatable bonds is 3. The van der Waals surface area contributed by atoms with Crippen molar-refractivity contribution in [3.63, 3.8) is 0 Å². The van der Waals surface area contributed by atoms with Crippen molar-refractivity contribution in [3.05, 3.63) is 35.4 Å². The molecule has 1 aromatic carbocycles. The predicted octanol–water partition coefficient (Wildman–Crippen LogP) is 2.71. The number of aryl methyl sites for hydroxylation is 1. The smallest absolute Gasteiger partial charge is 0.383 e. The molecule has 15 heavy (non-hydrogen) atoms. The lowest BCUT2D eigenvalue weighted by atomic mass is 10.0. The number of aliphatic hydroxyl groups is 1. The Hall–Kier alpha value is -1.03.